The van der Waals surface area contributed by atoms with E-state index in [1.807, 2.05) is 67.1 Å². The number of anilines is 1. The SMILES string of the molecule is COc1ccc(CN2CCc3c(c(=O)n4ncc(C(=O)Nc5cccc(C)c5)c4n3C)C2)cc1. The third kappa shape index (κ3) is 3.97. The second kappa shape index (κ2) is 8.79. The monoisotopic (exact) mass is 457 g/mol. The van der Waals surface area contributed by atoms with Gasteiger partial charge in [-0.1, -0.05) is 24.3 Å². The molecule has 0 bridgehead atoms. The van der Waals surface area contributed by atoms with Crippen LogP contribution in [0.2, 0.25) is 0 Å². The minimum Gasteiger partial charge on any atom is -0.497 e. The molecule has 0 radical (unpaired) electrons. The molecule has 0 aliphatic carbocycles. The average Bonchev–Trinajstić information content (AvgIpc) is 3.29. The topological polar surface area (TPSA) is 80.9 Å². The van der Waals surface area contributed by atoms with Gasteiger partial charge < -0.3 is 14.6 Å². The molecule has 1 amide bonds. The van der Waals surface area contributed by atoms with Crippen LogP contribution in [-0.4, -0.2) is 38.6 Å². The van der Waals surface area contributed by atoms with Gasteiger partial charge >= 0.3 is 0 Å². The zero-order valence-electron chi connectivity index (χ0n) is 19.5. The lowest BCUT2D eigenvalue weighted by atomic mass is 10.1. The fourth-order valence-electron chi connectivity index (χ4n) is 4.64. The number of methoxy groups -OCH3 is 1. The molecule has 0 saturated heterocycles. The Kier molecular flexibility index (Phi) is 5.67. The van der Waals surface area contributed by atoms with Crippen molar-refractivity contribution in [2.24, 2.45) is 7.05 Å². The quantitative estimate of drug-likeness (QED) is 0.498. The van der Waals surface area contributed by atoms with Crippen LogP contribution in [0.4, 0.5) is 5.69 Å². The standard InChI is InChI=1S/C26H27N5O3/c1-17-5-4-6-19(13-17)28-24(32)21-14-27-31-25(21)29(2)23-11-12-30(16-22(23)26(31)33)15-18-7-9-20(34-3)10-8-18/h4-10,13-14H,11-12,15-16H2,1-3H3,(H,28,32). The molecule has 3 heterocycles. The molecule has 0 spiro atoms. The predicted octanol–water partition coefficient (Wildman–Crippen LogP) is 3.16. The van der Waals surface area contributed by atoms with Crippen LogP contribution < -0.4 is 15.6 Å². The van der Waals surface area contributed by atoms with E-state index < -0.39 is 0 Å². The Morgan fingerprint density at radius 1 is 1.18 bits per heavy atom. The molecule has 1 aliphatic rings. The Morgan fingerprint density at radius 3 is 2.71 bits per heavy atom. The van der Waals surface area contributed by atoms with Crippen molar-refractivity contribution in [3.8, 4) is 5.75 Å². The molecule has 8 nitrogen and oxygen atoms in total. The second-order valence-corrected chi connectivity index (χ2v) is 8.72. The maximum Gasteiger partial charge on any atom is 0.279 e. The number of nitrogens with one attached hydrogen (secondary N) is 1. The molecule has 34 heavy (non-hydrogen) atoms. The number of amides is 1. The maximum atomic E-state index is 13.4. The summed E-state index contributed by atoms with van der Waals surface area (Å²) in [7, 11) is 3.55. The first-order valence-electron chi connectivity index (χ1n) is 11.3. The van der Waals surface area contributed by atoms with Gasteiger partial charge in [-0.2, -0.15) is 9.61 Å². The molecule has 1 N–H and O–H groups in total. The minimum atomic E-state index is -0.285. The van der Waals surface area contributed by atoms with Crippen LogP contribution in [0.25, 0.3) is 5.65 Å². The number of benzene rings is 2. The highest BCUT2D eigenvalue weighted by molar-refractivity contribution is 6.08. The van der Waals surface area contributed by atoms with Crippen molar-refractivity contribution < 1.29 is 9.53 Å². The van der Waals surface area contributed by atoms with E-state index in [4.69, 9.17) is 4.74 Å². The second-order valence-electron chi connectivity index (χ2n) is 8.72. The third-order valence-corrected chi connectivity index (χ3v) is 6.40. The highest BCUT2D eigenvalue weighted by atomic mass is 16.5. The van der Waals surface area contributed by atoms with E-state index in [1.54, 1.807) is 7.11 Å². The molecule has 0 fully saturated rings. The number of aryl methyl sites for hydroxylation is 2. The summed E-state index contributed by atoms with van der Waals surface area (Å²) in [5, 5.41) is 7.21. The zero-order chi connectivity index (χ0) is 23.8. The normalized spacial score (nSPS) is 13.6. The van der Waals surface area contributed by atoms with Gasteiger partial charge in [0.2, 0.25) is 0 Å². The maximum absolute atomic E-state index is 13.4. The number of carbonyl (C=O) groups is 1. The lowest BCUT2D eigenvalue weighted by molar-refractivity contribution is 0.102. The van der Waals surface area contributed by atoms with Gasteiger partial charge in [0, 0.05) is 44.5 Å². The van der Waals surface area contributed by atoms with Crippen LogP contribution in [0, 0.1) is 6.92 Å². The Morgan fingerprint density at radius 2 is 1.97 bits per heavy atom. The Balaban J connectivity index is 1.44. The molecule has 5 rings (SSSR count). The number of carbonyl (C=O) groups excluding carboxylic acids is 1. The molecule has 2 aromatic carbocycles. The van der Waals surface area contributed by atoms with Gasteiger partial charge in [-0.25, -0.2) is 0 Å². The first-order chi connectivity index (χ1) is 16.4. The van der Waals surface area contributed by atoms with Crippen LogP contribution in [0.3, 0.4) is 0 Å². The molecule has 1 aliphatic heterocycles. The van der Waals surface area contributed by atoms with Gasteiger partial charge in [0.1, 0.15) is 11.3 Å². The molecule has 2 aromatic heterocycles. The molecular formula is C26H27N5O3. The number of ether oxygens (including phenoxy) is 1. The number of hydrogen-bond donors (Lipinski definition) is 1. The van der Waals surface area contributed by atoms with E-state index in [0.717, 1.165) is 47.6 Å². The largest absolute Gasteiger partial charge is 0.497 e. The molecular weight excluding hydrogens is 430 g/mol. The van der Waals surface area contributed by atoms with E-state index >= 15 is 0 Å². The van der Waals surface area contributed by atoms with E-state index in [2.05, 4.69) is 15.3 Å². The van der Waals surface area contributed by atoms with Crippen molar-refractivity contribution in [2.45, 2.75) is 26.4 Å². The fraction of sp³-hybridized carbons (Fsp3) is 0.269. The molecule has 174 valence electrons. The summed E-state index contributed by atoms with van der Waals surface area (Å²) in [6, 6.07) is 15.6. The van der Waals surface area contributed by atoms with E-state index in [-0.39, 0.29) is 11.5 Å². The Hall–Kier alpha value is -3.91. The lowest BCUT2D eigenvalue weighted by Crippen LogP contribution is -2.38. The van der Waals surface area contributed by atoms with Crippen LogP contribution in [0.5, 0.6) is 5.75 Å². The minimum absolute atomic E-state index is 0.169. The average molecular weight is 458 g/mol. The smallest absolute Gasteiger partial charge is 0.279 e. The van der Waals surface area contributed by atoms with E-state index in [0.29, 0.717) is 23.4 Å². The fourth-order valence-corrected chi connectivity index (χ4v) is 4.64. The summed E-state index contributed by atoms with van der Waals surface area (Å²) in [5.74, 6) is 0.539. The van der Waals surface area contributed by atoms with Crippen molar-refractivity contribution >= 4 is 17.2 Å². The van der Waals surface area contributed by atoms with E-state index in [1.165, 1.54) is 10.7 Å². The van der Waals surface area contributed by atoms with E-state index in [9.17, 15) is 9.59 Å². The van der Waals surface area contributed by atoms with Crippen LogP contribution in [0.15, 0.2) is 59.5 Å². The summed E-state index contributed by atoms with van der Waals surface area (Å²) in [6.45, 7) is 4.07. The van der Waals surface area contributed by atoms with Gasteiger partial charge in [-0.3, -0.25) is 14.5 Å². The number of rotatable bonds is 5. The van der Waals surface area contributed by atoms with Crippen molar-refractivity contribution in [2.75, 3.05) is 19.0 Å². The third-order valence-electron chi connectivity index (χ3n) is 6.40. The predicted molar refractivity (Wildman–Crippen MR) is 130 cm³/mol. The zero-order valence-corrected chi connectivity index (χ0v) is 19.5. The van der Waals surface area contributed by atoms with Gasteiger partial charge in [0.25, 0.3) is 11.5 Å². The van der Waals surface area contributed by atoms with Crippen molar-refractivity contribution in [1.29, 1.82) is 0 Å². The molecule has 0 saturated carbocycles. The summed E-state index contributed by atoms with van der Waals surface area (Å²) in [6.07, 6.45) is 2.19. The van der Waals surface area contributed by atoms with Crippen LogP contribution in [0.1, 0.15) is 32.7 Å². The van der Waals surface area contributed by atoms with Gasteiger partial charge in [0.15, 0.2) is 5.65 Å². The molecule has 0 atom stereocenters. The van der Waals surface area contributed by atoms with Gasteiger partial charge in [-0.05, 0) is 42.3 Å². The summed E-state index contributed by atoms with van der Waals surface area (Å²) in [5.41, 5.74) is 5.33. The van der Waals surface area contributed by atoms with Crippen molar-refractivity contribution in [3.63, 3.8) is 0 Å². The van der Waals surface area contributed by atoms with Crippen molar-refractivity contribution in [1.82, 2.24) is 19.1 Å². The number of fused-ring (bicyclic) bond motifs is 2. The van der Waals surface area contributed by atoms with Gasteiger partial charge in [0.05, 0.1) is 18.9 Å². The summed E-state index contributed by atoms with van der Waals surface area (Å²) in [4.78, 5) is 28.7. The van der Waals surface area contributed by atoms with Crippen LogP contribution >= 0.6 is 0 Å². The highest BCUT2D eigenvalue weighted by Crippen LogP contribution is 2.22. The lowest BCUT2D eigenvalue weighted by Gasteiger charge is -2.30. The van der Waals surface area contributed by atoms with Crippen molar-refractivity contribution in [3.05, 3.63) is 93.0 Å². The first kappa shape index (κ1) is 21.9. The number of hydrogen-bond acceptors (Lipinski definition) is 5. The molecule has 8 heteroatoms. The highest BCUT2D eigenvalue weighted by Gasteiger charge is 2.26. The first-order valence-corrected chi connectivity index (χ1v) is 11.3. The molecule has 0 unspecified atom stereocenters. The Labute approximate surface area is 197 Å². The number of aromatic nitrogens is 3. The number of nitrogens with zero attached hydrogens (tertiary/aromatic N) is 4. The summed E-state index contributed by atoms with van der Waals surface area (Å²) < 4.78 is 8.53. The summed E-state index contributed by atoms with van der Waals surface area (Å²) >= 11 is 0. The molecule has 4 aromatic rings. The van der Waals surface area contributed by atoms with Gasteiger partial charge in [-0.15, -0.1) is 0 Å². The van der Waals surface area contributed by atoms with Crippen LogP contribution in [-0.2, 0) is 26.6 Å². The Bertz CT molecular complexity index is 1440.